The molecule has 0 spiro atoms. The number of likely N-dealkylation sites (tertiary alicyclic amines) is 1. The summed E-state index contributed by atoms with van der Waals surface area (Å²) in [5.41, 5.74) is 2.80. The Labute approximate surface area is 165 Å². The van der Waals surface area contributed by atoms with Crippen LogP contribution >= 0.6 is 0 Å². The third-order valence-corrected chi connectivity index (χ3v) is 6.90. The second kappa shape index (κ2) is 6.57. The standard InChI is InChI=1S/C24H25N3O/c1-2-4-22-17(3-1)10-23(27-14-19-12-26-13-20(19)15-27)24(22)28-21-6-5-16-7-8-25-11-18(16)9-21/h1-9,11,19-20,23-24,26H,10,12-15H2/t19-,20+,23-,24-/m1/s1. The highest BCUT2D eigenvalue weighted by Gasteiger charge is 2.44. The fraction of sp³-hybridized carbons (Fsp3) is 0.375. The summed E-state index contributed by atoms with van der Waals surface area (Å²) in [7, 11) is 0. The van der Waals surface area contributed by atoms with E-state index in [9.17, 15) is 0 Å². The molecular weight excluding hydrogens is 346 g/mol. The zero-order chi connectivity index (χ0) is 18.5. The highest BCUT2D eigenvalue weighted by atomic mass is 16.5. The van der Waals surface area contributed by atoms with Crippen molar-refractivity contribution in [2.24, 2.45) is 11.8 Å². The molecule has 2 aliphatic heterocycles. The lowest BCUT2D eigenvalue weighted by atomic mass is 10.0. The molecule has 0 bridgehead atoms. The van der Waals surface area contributed by atoms with Gasteiger partial charge in [-0.3, -0.25) is 9.88 Å². The van der Waals surface area contributed by atoms with E-state index in [-0.39, 0.29) is 6.10 Å². The van der Waals surface area contributed by atoms with Crippen molar-refractivity contribution >= 4 is 10.8 Å². The Morgan fingerprint density at radius 3 is 2.71 bits per heavy atom. The van der Waals surface area contributed by atoms with Crippen molar-refractivity contribution in [3.63, 3.8) is 0 Å². The van der Waals surface area contributed by atoms with Crippen molar-refractivity contribution in [2.45, 2.75) is 18.6 Å². The largest absolute Gasteiger partial charge is 0.484 e. The number of hydrogen-bond acceptors (Lipinski definition) is 4. The number of ether oxygens (including phenoxy) is 1. The summed E-state index contributed by atoms with van der Waals surface area (Å²) in [5, 5.41) is 5.89. The number of nitrogens with zero attached hydrogens (tertiary/aromatic N) is 2. The molecule has 3 heterocycles. The van der Waals surface area contributed by atoms with Crippen LogP contribution in [-0.2, 0) is 6.42 Å². The molecule has 3 aliphatic rings. The van der Waals surface area contributed by atoms with Crippen LogP contribution in [0.15, 0.2) is 60.9 Å². The summed E-state index contributed by atoms with van der Waals surface area (Å²) in [5.74, 6) is 2.54. The number of pyridine rings is 1. The first-order valence-electron chi connectivity index (χ1n) is 10.4. The number of benzene rings is 2. The third kappa shape index (κ3) is 2.71. The van der Waals surface area contributed by atoms with Gasteiger partial charge in [0.1, 0.15) is 11.9 Å². The highest BCUT2D eigenvalue weighted by Crippen LogP contribution is 2.41. The van der Waals surface area contributed by atoms with Gasteiger partial charge in [-0.2, -0.15) is 0 Å². The molecule has 0 amide bonds. The van der Waals surface area contributed by atoms with Gasteiger partial charge >= 0.3 is 0 Å². The van der Waals surface area contributed by atoms with Crippen molar-refractivity contribution < 1.29 is 4.74 Å². The topological polar surface area (TPSA) is 37.4 Å². The zero-order valence-electron chi connectivity index (χ0n) is 15.9. The molecule has 1 N–H and O–H groups in total. The second-order valence-corrected chi connectivity index (χ2v) is 8.53. The van der Waals surface area contributed by atoms with Gasteiger partial charge in [-0.15, -0.1) is 0 Å². The van der Waals surface area contributed by atoms with E-state index in [1.807, 2.05) is 18.5 Å². The summed E-state index contributed by atoms with van der Waals surface area (Å²) in [4.78, 5) is 6.96. The second-order valence-electron chi connectivity index (χ2n) is 8.53. The van der Waals surface area contributed by atoms with E-state index in [4.69, 9.17) is 4.74 Å². The van der Waals surface area contributed by atoms with E-state index < -0.39 is 0 Å². The van der Waals surface area contributed by atoms with Gasteiger partial charge in [0.2, 0.25) is 0 Å². The SMILES string of the molecule is c1ccc2c(c1)C[C@@H](N1C[C@H]3CNC[C@H]3C1)[C@@H]2Oc1ccc2ccncc2c1. The smallest absolute Gasteiger partial charge is 0.140 e. The van der Waals surface area contributed by atoms with Crippen LogP contribution in [0, 0.1) is 11.8 Å². The fourth-order valence-electron chi connectivity index (χ4n) is 5.45. The Kier molecular flexibility index (Phi) is 3.88. The van der Waals surface area contributed by atoms with Gasteiger partial charge in [-0.1, -0.05) is 30.3 Å². The minimum absolute atomic E-state index is 0.0945. The van der Waals surface area contributed by atoms with Gasteiger partial charge in [0.15, 0.2) is 0 Å². The number of aromatic nitrogens is 1. The molecule has 3 aromatic rings. The lowest BCUT2D eigenvalue weighted by molar-refractivity contribution is 0.0891. The van der Waals surface area contributed by atoms with Crippen molar-refractivity contribution in [3.05, 3.63) is 72.1 Å². The molecule has 28 heavy (non-hydrogen) atoms. The maximum atomic E-state index is 6.67. The molecule has 6 rings (SSSR count). The van der Waals surface area contributed by atoms with Gasteiger partial charge in [0.05, 0.1) is 6.04 Å². The Hall–Kier alpha value is -2.43. The van der Waals surface area contributed by atoms with Gasteiger partial charge < -0.3 is 10.1 Å². The first-order valence-corrected chi connectivity index (χ1v) is 10.4. The zero-order valence-corrected chi connectivity index (χ0v) is 15.9. The third-order valence-electron chi connectivity index (χ3n) is 6.90. The summed E-state index contributed by atoms with van der Waals surface area (Å²) >= 11 is 0. The van der Waals surface area contributed by atoms with Gasteiger partial charge in [-0.25, -0.2) is 0 Å². The molecule has 2 aromatic carbocycles. The van der Waals surface area contributed by atoms with Crippen molar-refractivity contribution in [3.8, 4) is 5.75 Å². The van der Waals surface area contributed by atoms with E-state index in [0.717, 1.165) is 29.4 Å². The summed E-state index contributed by atoms with van der Waals surface area (Å²) in [6, 6.07) is 17.7. The van der Waals surface area contributed by atoms with E-state index in [1.54, 1.807) is 0 Å². The summed E-state index contributed by atoms with van der Waals surface area (Å²) in [6.07, 6.45) is 4.93. The van der Waals surface area contributed by atoms with Crippen molar-refractivity contribution in [1.29, 1.82) is 0 Å². The number of nitrogens with one attached hydrogen (secondary N) is 1. The molecule has 0 saturated carbocycles. The Bertz CT molecular complexity index is 1010. The van der Waals surface area contributed by atoms with Crippen molar-refractivity contribution in [2.75, 3.05) is 26.2 Å². The van der Waals surface area contributed by atoms with Crippen LogP contribution < -0.4 is 10.1 Å². The number of rotatable bonds is 3. The Balaban J connectivity index is 1.32. The molecule has 2 fully saturated rings. The van der Waals surface area contributed by atoms with Crippen LogP contribution in [0.25, 0.3) is 10.8 Å². The molecule has 0 radical (unpaired) electrons. The van der Waals surface area contributed by atoms with E-state index in [2.05, 4.69) is 57.7 Å². The maximum absolute atomic E-state index is 6.67. The van der Waals surface area contributed by atoms with Gasteiger partial charge in [0, 0.05) is 30.9 Å². The molecule has 1 aliphatic carbocycles. The Morgan fingerprint density at radius 1 is 0.964 bits per heavy atom. The monoisotopic (exact) mass is 371 g/mol. The maximum Gasteiger partial charge on any atom is 0.140 e. The van der Waals surface area contributed by atoms with E-state index >= 15 is 0 Å². The average Bonchev–Trinajstić information content (AvgIpc) is 3.41. The minimum atomic E-state index is 0.0945. The van der Waals surface area contributed by atoms with Crippen LogP contribution in [0.4, 0.5) is 0 Å². The number of hydrogen-bond donors (Lipinski definition) is 1. The molecule has 4 nitrogen and oxygen atoms in total. The van der Waals surface area contributed by atoms with Crippen LogP contribution in [0.1, 0.15) is 17.2 Å². The molecule has 2 saturated heterocycles. The molecule has 0 unspecified atom stereocenters. The first kappa shape index (κ1) is 16.5. The molecule has 1 aromatic heterocycles. The Morgan fingerprint density at radius 2 is 1.82 bits per heavy atom. The van der Waals surface area contributed by atoms with Gasteiger partial charge in [-0.05, 0) is 66.1 Å². The first-order chi connectivity index (χ1) is 13.8. The van der Waals surface area contributed by atoms with Crippen LogP contribution in [0.5, 0.6) is 5.75 Å². The molecule has 142 valence electrons. The van der Waals surface area contributed by atoms with Crippen LogP contribution in [0.3, 0.4) is 0 Å². The molecular formula is C24H25N3O. The van der Waals surface area contributed by atoms with E-state index in [1.165, 1.54) is 42.7 Å². The number of fused-ring (bicyclic) bond motifs is 3. The predicted molar refractivity (Wildman–Crippen MR) is 110 cm³/mol. The lowest BCUT2D eigenvalue weighted by Gasteiger charge is -2.31. The summed E-state index contributed by atoms with van der Waals surface area (Å²) in [6.45, 7) is 4.73. The normalized spacial score (nSPS) is 29.1. The quantitative estimate of drug-likeness (QED) is 0.765. The lowest BCUT2D eigenvalue weighted by Crippen LogP contribution is -2.40. The van der Waals surface area contributed by atoms with E-state index in [0.29, 0.717) is 6.04 Å². The van der Waals surface area contributed by atoms with Crippen LogP contribution in [-0.4, -0.2) is 42.1 Å². The van der Waals surface area contributed by atoms with Gasteiger partial charge in [0.25, 0.3) is 0 Å². The average molecular weight is 371 g/mol. The van der Waals surface area contributed by atoms with Crippen LogP contribution in [0.2, 0.25) is 0 Å². The van der Waals surface area contributed by atoms with Crippen molar-refractivity contribution in [1.82, 2.24) is 15.2 Å². The summed E-state index contributed by atoms with van der Waals surface area (Å²) < 4.78 is 6.67. The minimum Gasteiger partial charge on any atom is -0.484 e. The molecule has 4 atom stereocenters. The molecule has 4 heteroatoms. The predicted octanol–water partition coefficient (Wildman–Crippen LogP) is 3.43. The highest BCUT2D eigenvalue weighted by molar-refractivity contribution is 5.82. The fourth-order valence-corrected chi connectivity index (χ4v) is 5.45.